The van der Waals surface area contributed by atoms with Gasteiger partial charge in [-0.1, -0.05) is 13.0 Å². The summed E-state index contributed by atoms with van der Waals surface area (Å²) < 4.78 is 5.48. The normalized spacial score (nSPS) is 19.1. The monoisotopic (exact) mass is 206 g/mol. The second kappa shape index (κ2) is 3.93. The third-order valence-electron chi connectivity index (χ3n) is 2.92. The van der Waals surface area contributed by atoms with Crippen LogP contribution in [0.25, 0.3) is 0 Å². The number of rotatable bonds is 2. The molecule has 3 nitrogen and oxygen atoms in total. The van der Waals surface area contributed by atoms with Crippen LogP contribution in [0.15, 0.2) is 18.2 Å². The lowest BCUT2D eigenvalue weighted by molar-refractivity contribution is 0.0696. The van der Waals surface area contributed by atoms with Crippen molar-refractivity contribution in [2.24, 2.45) is 0 Å². The summed E-state index contributed by atoms with van der Waals surface area (Å²) in [4.78, 5) is 10.8. The molecule has 3 heteroatoms. The molecule has 1 N–H and O–H groups in total. The standard InChI is InChI=1S/C12H14O3/c1-2-8-5-6-15-11-7-9(12(13)14)3-4-10(8)11/h3-4,7-8H,2,5-6H2,1H3,(H,13,14). The van der Waals surface area contributed by atoms with Crippen LogP contribution < -0.4 is 4.74 Å². The van der Waals surface area contributed by atoms with Crippen LogP contribution >= 0.6 is 0 Å². The van der Waals surface area contributed by atoms with Gasteiger partial charge in [-0.3, -0.25) is 0 Å². The molecule has 1 atom stereocenters. The highest BCUT2D eigenvalue weighted by Gasteiger charge is 2.20. The Labute approximate surface area is 88.7 Å². The molecule has 0 radical (unpaired) electrons. The van der Waals surface area contributed by atoms with Crippen molar-refractivity contribution < 1.29 is 14.6 Å². The quantitative estimate of drug-likeness (QED) is 0.809. The maximum absolute atomic E-state index is 10.8. The van der Waals surface area contributed by atoms with Crippen molar-refractivity contribution in [1.82, 2.24) is 0 Å². The van der Waals surface area contributed by atoms with E-state index in [2.05, 4.69) is 6.92 Å². The lowest BCUT2D eigenvalue weighted by Crippen LogP contribution is -2.14. The van der Waals surface area contributed by atoms with E-state index in [9.17, 15) is 4.79 Å². The predicted molar refractivity (Wildman–Crippen MR) is 56.5 cm³/mol. The van der Waals surface area contributed by atoms with E-state index in [1.54, 1.807) is 12.1 Å². The molecule has 15 heavy (non-hydrogen) atoms. The highest BCUT2D eigenvalue weighted by atomic mass is 16.5. The van der Waals surface area contributed by atoms with Gasteiger partial charge >= 0.3 is 5.97 Å². The zero-order chi connectivity index (χ0) is 10.8. The lowest BCUT2D eigenvalue weighted by Gasteiger charge is -2.25. The summed E-state index contributed by atoms with van der Waals surface area (Å²) in [5, 5.41) is 8.85. The van der Waals surface area contributed by atoms with Gasteiger partial charge in [-0.2, -0.15) is 0 Å². The average Bonchev–Trinajstić information content (AvgIpc) is 2.27. The summed E-state index contributed by atoms with van der Waals surface area (Å²) in [6, 6.07) is 5.16. The van der Waals surface area contributed by atoms with Crippen LogP contribution in [0.1, 0.15) is 41.6 Å². The molecule has 1 aromatic rings. The van der Waals surface area contributed by atoms with E-state index < -0.39 is 5.97 Å². The molecule has 0 spiro atoms. The molecule has 2 rings (SSSR count). The summed E-state index contributed by atoms with van der Waals surface area (Å²) in [5.41, 5.74) is 1.44. The Morgan fingerprint density at radius 3 is 3.07 bits per heavy atom. The van der Waals surface area contributed by atoms with E-state index in [0.717, 1.165) is 24.2 Å². The van der Waals surface area contributed by atoms with Gasteiger partial charge in [-0.25, -0.2) is 4.79 Å². The minimum absolute atomic E-state index is 0.297. The SMILES string of the molecule is CCC1CCOc2cc(C(=O)O)ccc21. The second-order valence-electron chi connectivity index (χ2n) is 3.80. The Bertz CT molecular complexity index is 384. The molecule has 1 aliphatic heterocycles. The number of ether oxygens (including phenoxy) is 1. The number of aromatic carboxylic acids is 1. The first kappa shape index (κ1) is 10.0. The Morgan fingerprint density at radius 2 is 2.40 bits per heavy atom. The van der Waals surface area contributed by atoms with Crippen LogP contribution in [0, 0.1) is 0 Å². The van der Waals surface area contributed by atoms with Crippen LogP contribution in [0.4, 0.5) is 0 Å². The third-order valence-corrected chi connectivity index (χ3v) is 2.92. The average molecular weight is 206 g/mol. The van der Waals surface area contributed by atoms with E-state index in [-0.39, 0.29) is 0 Å². The Balaban J connectivity index is 2.40. The van der Waals surface area contributed by atoms with E-state index in [1.165, 1.54) is 0 Å². The van der Waals surface area contributed by atoms with Gasteiger partial charge in [0.15, 0.2) is 0 Å². The third kappa shape index (κ3) is 1.82. The van der Waals surface area contributed by atoms with Crippen molar-refractivity contribution in [3.05, 3.63) is 29.3 Å². The van der Waals surface area contributed by atoms with Gasteiger partial charge in [-0.05, 0) is 36.5 Å². The van der Waals surface area contributed by atoms with Crippen molar-refractivity contribution in [2.45, 2.75) is 25.7 Å². The zero-order valence-electron chi connectivity index (χ0n) is 8.69. The number of carbonyl (C=O) groups is 1. The number of benzene rings is 1. The maximum Gasteiger partial charge on any atom is 0.335 e. The molecule has 0 aliphatic carbocycles. The lowest BCUT2D eigenvalue weighted by atomic mass is 9.90. The van der Waals surface area contributed by atoms with Gasteiger partial charge < -0.3 is 9.84 Å². The molecule has 0 saturated carbocycles. The Kier molecular flexibility index (Phi) is 2.62. The first-order valence-electron chi connectivity index (χ1n) is 5.22. The Morgan fingerprint density at radius 1 is 1.60 bits per heavy atom. The van der Waals surface area contributed by atoms with Crippen LogP contribution in [0.3, 0.4) is 0 Å². The van der Waals surface area contributed by atoms with Crippen LogP contribution in [0.5, 0.6) is 5.75 Å². The van der Waals surface area contributed by atoms with Crippen molar-refractivity contribution in [3.63, 3.8) is 0 Å². The van der Waals surface area contributed by atoms with E-state index in [4.69, 9.17) is 9.84 Å². The number of hydrogen-bond acceptors (Lipinski definition) is 2. The first-order chi connectivity index (χ1) is 7.22. The Hall–Kier alpha value is -1.51. The highest BCUT2D eigenvalue weighted by molar-refractivity contribution is 5.88. The molecule has 0 amide bonds. The molecular formula is C12H14O3. The smallest absolute Gasteiger partial charge is 0.335 e. The van der Waals surface area contributed by atoms with Crippen molar-refractivity contribution in [3.8, 4) is 5.75 Å². The molecule has 0 bridgehead atoms. The van der Waals surface area contributed by atoms with Crippen molar-refractivity contribution >= 4 is 5.97 Å². The minimum Gasteiger partial charge on any atom is -0.493 e. The van der Waals surface area contributed by atoms with E-state index >= 15 is 0 Å². The van der Waals surface area contributed by atoms with Crippen molar-refractivity contribution in [1.29, 1.82) is 0 Å². The van der Waals surface area contributed by atoms with Gasteiger partial charge in [0.2, 0.25) is 0 Å². The predicted octanol–water partition coefficient (Wildman–Crippen LogP) is 2.66. The molecule has 0 aromatic heterocycles. The number of carboxylic acid groups (broad SMARTS) is 1. The fourth-order valence-corrected chi connectivity index (χ4v) is 2.02. The largest absolute Gasteiger partial charge is 0.493 e. The molecule has 80 valence electrons. The van der Waals surface area contributed by atoms with E-state index in [0.29, 0.717) is 18.1 Å². The topological polar surface area (TPSA) is 46.5 Å². The van der Waals surface area contributed by atoms with Crippen LogP contribution in [0.2, 0.25) is 0 Å². The summed E-state index contributed by atoms with van der Waals surface area (Å²) in [6.07, 6.45) is 2.10. The van der Waals surface area contributed by atoms with Gasteiger partial charge in [0.25, 0.3) is 0 Å². The summed E-state index contributed by atoms with van der Waals surface area (Å²) in [7, 11) is 0. The summed E-state index contributed by atoms with van der Waals surface area (Å²) in [6.45, 7) is 2.83. The second-order valence-corrected chi connectivity index (χ2v) is 3.80. The molecule has 0 fully saturated rings. The number of fused-ring (bicyclic) bond motifs is 1. The van der Waals surface area contributed by atoms with Crippen LogP contribution in [-0.2, 0) is 0 Å². The minimum atomic E-state index is -0.903. The summed E-state index contributed by atoms with van der Waals surface area (Å²) >= 11 is 0. The van der Waals surface area contributed by atoms with Gasteiger partial charge in [0.1, 0.15) is 5.75 Å². The molecule has 1 aliphatic rings. The molecule has 1 heterocycles. The van der Waals surface area contributed by atoms with Crippen LogP contribution in [-0.4, -0.2) is 17.7 Å². The molecule has 1 unspecified atom stereocenters. The molecular weight excluding hydrogens is 192 g/mol. The van der Waals surface area contributed by atoms with Gasteiger partial charge in [0, 0.05) is 0 Å². The molecule has 1 aromatic carbocycles. The number of hydrogen-bond donors (Lipinski definition) is 1. The van der Waals surface area contributed by atoms with E-state index in [1.807, 2.05) is 6.07 Å². The fraction of sp³-hybridized carbons (Fsp3) is 0.417. The highest BCUT2D eigenvalue weighted by Crippen LogP contribution is 2.35. The number of carboxylic acids is 1. The van der Waals surface area contributed by atoms with Crippen molar-refractivity contribution in [2.75, 3.05) is 6.61 Å². The summed E-state index contributed by atoms with van der Waals surface area (Å²) in [5.74, 6) is 0.351. The fourth-order valence-electron chi connectivity index (χ4n) is 2.02. The maximum atomic E-state index is 10.8. The first-order valence-corrected chi connectivity index (χ1v) is 5.22. The molecule has 0 saturated heterocycles. The van der Waals surface area contributed by atoms with Gasteiger partial charge in [-0.15, -0.1) is 0 Å². The zero-order valence-corrected chi connectivity index (χ0v) is 8.69. The van der Waals surface area contributed by atoms with Gasteiger partial charge in [0.05, 0.1) is 12.2 Å².